The number of quaternary nitrogens is 1. The zero-order valence-corrected chi connectivity index (χ0v) is 28.5. The van der Waals surface area contributed by atoms with Gasteiger partial charge in [0.1, 0.15) is 11.4 Å². The second-order valence-corrected chi connectivity index (χ2v) is 16.5. The Labute approximate surface area is 266 Å². The van der Waals surface area contributed by atoms with E-state index in [1.807, 2.05) is 56.4 Å². The average molecular weight is 637 g/mol. The molecule has 0 aromatic heterocycles. The van der Waals surface area contributed by atoms with E-state index in [9.17, 15) is 13.2 Å². The van der Waals surface area contributed by atoms with Gasteiger partial charge in [-0.05, 0) is 81.3 Å². The highest BCUT2D eigenvalue weighted by atomic mass is 32.2. The highest BCUT2D eigenvalue weighted by molar-refractivity contribution is 7.92. The van der Waals surface area contributed by atoms with Crippen LogP contribution >= 0.6 is 0 Å². The molecule has 11 nitrogen and oxygen atoms in total. The predicted molar refractivity (Wildman–Crippen MR) is 177 cm³/mol. The number of rotatable bonds is 8. The number of carbonyl (C=O) groups is 1. The van der Waals surface area contributed by atoms with E-state index in [-0.39, 0.29) is 34.0 Å². The van der Waals surface area contributed by atoms with E-state index in [0.717, 1.165) is 35.3 Å². The molecule has 1 aliphatic carbocycles. The molecule has 3 heterocycles. The first-order valence-electron chi connectivity index (χ1n) is 15.4. The van der Waals surface area contributed by atoms with Crippen LogP contribution in [0.1, 0.15) is 75.9 Å². The fourth-order valence-corrected chi connectivity index (χ4v) is 7.27. The number of anilines is 3. The number of carbonyl (C=O) groups excluding carboxylic acids is 1. The molecule has 1 atom stereocenters. The summed E-state index contributed by atoms with van der Waals surface area (Å²) in [6, 6.07) is 9.17. The van der Waals surface area contributed by atoms with Crippen LogP contribution in [-0.4, -0.2) is 55.2 Å². The lowest BCUT2D eigenvalue weighted by Gasteiger charge is -2.42. The van der Waals surface area contributed by atoms with Crippen LogP contribution in [0.5, 0.6) is 5.75 Å². The van der Waals surface area contributed by atoms with E-state index in [0.29, 0.717) is 17.2 Å². The number of benzene rings is 2. The highest BCUT2D eigenvalue weighted by Crippen LogP contribution is 2.60. The molecule has 4 aliphatic rings. The van der Waals surface area contributed by atoms with Crippen molar-refractivity contribution in [1.29, 1.82) is 0 Å². The van der Waals surface area contributed by atoms with Gasteiger partial charge in [0.2, 0.25) is 10.0 Å². The monoisotopic (exact) mass is 636 g/mol. The topological polar surface area (TPSA) is 123 Å². The number of nitrogens with zero attached hydrogens (tertiary/aromatic N) is 3. The number of hydrogen-bond donors (Lipinski definition) is 4. The number of amides is 1. The van der Waals surface area contributed by atoms with Crippen LogP contribution in [0.25, 0.3) is 0 Å². The quantitative estimate of drug-likeness (QED) is 0.254. The minimum atomic E-state index is -3.59. The molecule has 2 aromatic carbocycles. The molecule has 1 unspecified atom stereocenters. The van der Waals surface area contributed by atoms with Gasteiger partial charge in [-0.25, -0.2) is 13.8 Å². The maximum atomic E-state index is 13.7. The third-order valence-electron chi connectivity index (χ3n) is 8.96. The molecule has 5 N–H and O–H groups in total. The van der Waals surface area contributed by atoms with Crippen molar-refractivity contribution in [2.45, 2.75) is 77.9 Å². The van der Waals surface area contributed by atoms with Crippen molar-refractivity contribution in [2.24, 2.45) is 5.92 Å². The van der Waals surface area contributed by atoms with Crippen LogP contribution in [0.15, 0.2) is 54.1 Å². The molecule has 0 radical (unpaired) electrons. The molecule has 6 rings (SSSR count). The number of fused-ring (bicyclic) bond motifs is 1. The summed E-state index contributed by atoms with van der Waals surface area (Å²) in [7, 11) is -2.14. The molecular weight excluding hydrogens is 590 g/mol. The molecule has 3 aliphatic heterocycles. The Morgan fingerprint density at radius 2 is 1.76 bits per heavy atom. The molecule has 2 aromatic rings. The summed E-state index contributed by atoms with van der Waals surface area (Å²) < 4.78 is 32.4. The van der Waals surface area contributed by atoms with Crippen LogP contribution in [0.3, 0.4) is 0 Å². The summed E-state index contributed by atoms with van der Waals surface area (Å²) in [6.07, 6.45) is 8.04. The lowest BCUT2D eigenvalue weighted by Crippen LogP contribution is -2.97. The fraction of sp³-hybridized carbons (Fsp3) is 0.485. The van der Waals surface area contributed by atoms with Gasteiger partial charge in [0, 0.05) is 23.2 Å². The Balaban J connectivity index is 1.28. The Morgan fingerprint density at radius 1 is 1.07 bits per heavy atom. The number of methoxy groups -OCH3 is 1. The summed E-state index contributed by atoms with van der Waals surface area (Å²) in [6.45, 7) is 16.0. The maximum absolute atomic E-state index is 13.7. The van der Waals surface area contributed by atoms with Crippen LogP contribution in [0.4, 0.5) is 17.1 Å². The number of nitrogens with one attached hydrogen (secondary N) is 3. The van der Waals surface area contributed by atoms with E-state index < -0.39 is 10.0 Å². The Bertz CT molecular complexity index is 1730. The second-order valence-electron chi connectivity index (χ2n) is 14.7. The fourth-order valence-electron chi connectivity index (χ4n) is 6.72. The highest BCUT2D eigenvalue weighted by Gasteiger charge is 2.69. The molecule has 1 saturated carbocycles. The van der Waals surface area contributed by atoms with Gasteiger partial charge in [-0.15, -0.1) is 5.53 Å². The molecule has 1 saturated heterocycles. The lowest BCUT2D eigenvalue weighted by atomic mass is 9.86. The molecule has 12 heteroatoms. The summed E-state index contributed by atoms with van der Waals surface area (Å²) >= 11 is 0. The Kier molecular flexibility index (Phi) is 7.13. The molecular formula is C33H46N7O4S+. The summed E-state index contributed by atoms with van der Waals surface area (Å²) in [4.78, 5) is 18.8. The summed E-state index contributed by atoms with van der Waals surface area (Å²) in [5.74, 6) is 0.620. The molecule has 45 heavy (non-hydrogen) atoms. The van der Waals surface area contributed by atoms with Gasteiger partial charge in [0.15, 0.2) is 5.75 Å². The van der Waals surface area contributed by atoms with Crippen molar-refractivity contribution in [3.63, 3.8) is 0 Å². The normalized spacial score (nSPS) is 21.2. The number of aryl methyl sites for hydroxylation is 1. The first-order valence-corrected chi connectivity index (χ1v) is 17.3. The van der Waals surface area contributed by atoms with Crippen molar-refractivity contribution in [2.75, 3.05) is 35.0 Å². The SMILES string of the molecule is COc1c(NC(=O)c2ccc(C)c(N3C=C(C4=CN5CC5(C5CC5)N4C(C)(C)C)N[NH2+]3)c2)cc(C(C)(C)C)cc1NS(C)(=O)=O. The minimum Gasteiger partial charge on any atom is -0.492 e. The first kappa shape index (κ1) is 31.1. The lowest BCUT2D eigenvalue weighted by molar-refractivity contribution is -0.700. The van der Waals surface area contributed by atoms with Gasteiger partial charge >= 0.3 is 0 Å². The third-order valence-corrected chi connectivity index (χ3v) is 9.55. The van der Waals surface area contributed by atoms with Crippen LogP contribution in [-0.2, 0) is 15.4 Å². The van der Waals surface area contributed by atoms with Crippen LogP contribution in [0.2, 0.25) is 0 Å². The van der Waals surface area contributed by atoms with Gasteiger partial charge in [-0.3, -0.25) is 9.52 Å². The van der Waals surface area contributed by atoms with Gasteiger partial charge in [0.05, 0.1) is 48.9 Å². The third kappa shape index (κ3) is 5.69. The number of nitrogens with two attached hydrogens (primary N) is 1. The first-order chi connectivity index (χ1) is 20.9. The van der Waals surface area contributed by atoms with E-state index in [1.54, 1.807) is 12.1 Å². The Morgan fingerprint density at radius 3 is 2.36 bits per heavy atom. The van der Waals surface area contributed by atoms with Crippen LogP contribution < -0.4 is 30.7 Å². The van der Waals surface area contributed by atoms with Crippen molar-refractivity contribution < 1.29 is 23.5 Å². The van der Waals surface area contributed by atoms with Crippen molar-refractivity contribution >= 4 is 33.0 Å². The molecule has 0 spiro atoms. The summed E-state index contributed by atoms with van der Waals surface area (Å²) in [5, 5.41) is 5.01. The molecule has 0 bridgehead atoms. The molecule has 2 fully saturated rings. The predicted octanol–water partition coefficient (Wildman–Crippen LogP) is 3.95. The average Bonchev–Trinajstić information content (AvgIpc) is 3.81. The Hall–Kier alpha value is -3.90. The van der Waals surface area contributed by atoms with E-state index in [2.05, 4.69) is 58.4 Å². The van der Waals surface area contributed by atoms with E-state index in [1.165, 1.54) is 25.6 Å². The van der Waals surface area contributed by atoms with Crippen molar-refractivity contribution in [1.82, 2.24) is 15.2 Å². The van der Waals surface area contributed by atoms with Crippen LogP contribution in [0, 0.1) is 12.8 Å². The van der Waals surface area contributed by atoms with Gasteiger partial charge in [0.25, 0.3) is 5.91 Å². The number of ether oxygens (including phenoxy) is 1. The molecule has 242 valence electrons. The standard InChI is InChI=1S/C33H45N7O4S/c1-20-10-11-21(30(41)34-24-15-23(31(2,3)4)16-25(29(24)44-8)36-45(9,42)43)14-27(20)39-17-26(35-37-39)28-18-38-19-33(38,22-12-13-22)40(28)32(5,6)7/h10-11,14-18,22,35-37H,12-13,19H2,1-9H3,(H,34,41)/p+1. The van der Waals surface area contributed by atoms with Crippen molar-refractivity contribution in [3.8, 4) is 5.75 Å². The zero-order chi connectivity index (χ0) is 32.7. The van der Waals surface area contributed by atoms with Gasteiger partial charge in [-0.1, -0.05) is 26.8 Å². The number of sulfonamides is 1. The van der Waals surface area contributed by atoms with Crippen molar-refractivity contribution in [3.05, 3.63) is 70.8 Å². The summed E-state index contributed by atoms with van der Waals surface area (Å²) in [5.41, 5.74) is 11.3. The van der Waals surface area contributed by atoms with E-state index >= 15 is 0 Å². The van der Waals surface area contributed by atoms with Gasteiger partial charge < -0.3 is 19.9 Å². The zero-order valence-electron chi connectivity index (χ0n) is 27.7. The number of hydrogen-bond acceptors (Lipinski definition) is 8. The second kappa shape index (κ2) is 10.3. The van der Waals surface area contributed by atoms with E-state index in [4.69, 9.17) is 4.74 Å². The smallest absolute Gasteiger partial charge is 0.255 e. The van der Waals surface area contributed by atoms with Gasteiger partial charge in [-0.2, -0.15) is 5.01 Å². The largest absolute Gasteiger partial charge is 0.492 e. The molecule has 1 amide bonds. The maximum Gasteiger partial charge on any atom is 0.255 e. The minimum absolute atomic E-state index is 0.0361.